The van der Waals surface area contributed by atoms with E-state index in [0.29, 0.717) is 30.4 Å². The molecule has 7 heteroatoms. The standard InChI is InChI=1S/C21H20F2N4O/c1-14-20(24-25-27(14)19-10-8-18(23)9-11-19)21(28)26(12-15-2-3-15)13-16-4-6-17(22)7-5-16/h4-11,15H,2-3,12-13H2,1H3. The first-order chi connectivity index (χ1) is 13.5. The molecule has 0 bridgehead atoms. The molecule has 0 saturated heterocycles. The van der Waals surface area contributed by atoms with Gasteiger partial charge in [0.2, 0.25) is 0 Å². The van der Waals surface area contributed by atoms with Gasteiger partial charge in [-0.05, 0) is 67.6 Å². The quantitative estimate of drug-likeness (QED) is 0.650. The lowest BCUT2D eigenvalue weighted by atomic mass is 10.2. The number of hydrogen-bond donors (Lipinski definition) is 0. The van der Waals surface area contributed by atoms with E-state index in [1.165, 1.54) is 28.9 Å². The van der Waals surface area contributed by atoms with Gasteiger partial charge in [0.25, 0.3) is 5.91 Å². The first kappa shape index (κ1) is 18.3. The van der Waals surface area contributed by atoms with Crippen LogP contribution in [0.1, 0.15) is 34.6 Å². The van der Waals surface area contributed by atoms with Crippen LogP contribution in [0.25, 0.3) is 5.69 Å². The average molecular weight is 382 g/mol. The highest BCUT2D eigenvalue weighted by atomic mass is 19.1. The van der Waals surface area contributed by atoms with Gasteiger partial charge in [-0.2, -0.15) is 0 Å². The summed E-state index contributed by atoms with van der Waals surface area (Å²) in [5.74, 6) is -0.353. The van der Waals surface area contributed by atoms with E-state index in [9.17, 15) is 13.6 Å². The lowest BCUT2D eigenvalue weighted by molar-refractivity contribution is 0.0728. The van der Waals surface area contributed by atoms with Crippen molar-refractivity contribution in [3.8, 4) is 5.69 Å². The summed E-state index contributed by atoms with van der Waals surface area (Å²) >= 11 is 0. The lowest BCUT2D eigenvalue weighted by Crippen LogP contribution is -2.33. The summed E-state index contributed by atoms with van der Waals surface area (Å²) in [5.41, 5.74) is 2.36. The Morgan fingerprint density at radius 1 is 1.07 bits per heavy atom. The molecule has 4 rings (SSSR count). The van der Waals surface area contributed by atoms with Crippen LogP contribution in [0, 0.1) is 24.5 Å². The van der Waals surface area contributed by atoms with E-state index in [-0.39, 0.29) is 23.2 Å². The van der Waals surface area contributed by atoms with Crippen LogP contribution in [0.5, 0.6) is 0 Å². The predicted molar refractivity (Wildman–Crippen MR) is 99.9 cm³/mol. The second kappa shape index (κ2) is 7.50. The van der Waals surface area contributed by atoms with Crippen molar-refractivity contribution in [2.45, 2.75) is 26.3 Å². The molecule has 2 aromatic carbocycles. The van der Waals surface area contributed by atoms with Gasteiger partial charge in [0.05, 0.1) is 11.4 Å². The predicted octanol–water partition coefficient (Wildman–Crippen LogP) is 3.91. The van der Waals surface area contributed by atoms with Crippen LogP contribution in [0.4, 0.5) is 8.78 Å². The van der Waals surface area contributed by atoms with Crippen molar-refractivity contribution in [1.82, 2.24) is 19.9 Å². The highest BCUT2D eigenvalue weighted by Crippen LogP contribution is 2.31. The molecule has 0 N–H and O–H groups in total. The molecule has 1 aliphatic rings. The maximum absolute atomic E-state index is 13.2. The maximum Gasteiger partial charge on any atom is 0.276 e. The number of rotatable bonds is 6. The van der Waals surface area contributed by atoms with Crippen molar-refractivity contribution >= 4 is 5.91 Å². The molecule has 1 amide bonds. The SMILES string of the molecule is Cc1c(C(=O)N(Cc2ccc(F)cc2)CC2CC2)nnn1-c1ccc(F)cc1. The number of amides is 1. The van der Waals surface area contributed by atoms with Crippen molar-refractivity contribution in [3.05, 3.63) is 77.1 Å². The third-order valence-electron chi connectivity index (χ3n) is 4.92. The fourth-order valence-electron chi connectivity index (χ4n) is 3.15. The third-order valence-corrected chi connectivity index (χ3v) is 4.92. The molecule has 144 valence electrons. The van der Waals surface area contributed by atoms with Gasteiger partial charge in [-0.3, -0.25) is 4.79 Å². The zero-order chi connectivity index (χ0) is 19.7. The monoisotopic (exact) mass is 382 g/mol. The molecule has 1 heterocycles. The second-order valence-corrected chi connectivity index (χ2v) is 7.17. The van der Waals surface area contributed by atoms with Crippen molar-refractivity contribution in [2.24, 2.45) is 5.92 Å². The first-order valence-corrected chi connectivity index (χ1v) is 9.23. The van der Waals surface area contributed by atoms with E-state index >= 15 is 0 Å². The van der Waals surface area contributed by atoms with Crippen LogP contribution < -0.4 is 0 Å². The lowest BCUT2D eigenvalue weighted by Gasteiger charge is -2.22. The van der Waals surface area contributed by atoms with E-state index < -0.39 is 0 Å². The fraction of sp³-hybridized carbons (Fsp3) is 0.286. The van der Waals surface area contributed by atoms with Crippen molar-refractivity contribution in [2.75, 3.05) is 6.54 Å². The normalized spacial score (nSPS) is 13.5. The zero-order valence-corrected chi connectivity index (χ0v) is 15.5. The van der Waals surface area contributed by atoms with Gasteiger partial charge in [0.15, 0.2) is 5.69 Å². The molecular formula is C21H20F2N4O. The third kappa shape index (κ3) is 3.93. The number of carbonyl (C=O) groups is 1. The largest absolute Gasteiger partial charge is 0.333 e. The Balaban J connectivity index is 1.59. The summed E-state index contributed by atoms with van der Waals surface area (Å²) < 4.78 is 27.9. The molecular weight excluding hydrogens is 362 g/mol. The first-order valence-electron chi connectivity index (χ1n) is 9.23. The zero-order valence-electron chi connectivity index (χ0n) is 15.5. The van der Waals surface area contributed by atoms with Crippen LogP contribution in [0.3, 0.4) is 0 Å². The van der Waals surface area contributed by atoms with E-state index in [0.717, 1.165) is 18.4 Å². The number of aromatic nitrogens is 3. The molecule has 0 unspecified atom stereocenters. The van der Waals surface area contributed by atoms with Crippen LogP contribution in [0.15, 0.2) is 48.5 Å². The van der Waals surface area contributed by atoms with Crippen molar-refractivity contribution in [1.29, 1.82) is 0 Å². The second-order valence-electron chi connectivity index (χ2n) is 7.17. The van der Waals surface area contributed by atoms with Gasteiger partial charge in [-0.1, -0.05) is 17.3 Å². The minimum atomic E-state index is -0.340. The number of carbonyl (C=O) groups excluding carboxylic acids is 1. The number of hydrogen-bond acceptors (Lipinski definition) is 3. The van der Waals surface area contributed by atoms with Gasteiger partial charge < -0.3 is 4.90 Å². The summed E-state index contributed by atoms with van der Waals surface area (Å²) in [6.07, 6.45) is 2.21. The van der Waals surface area contributed by atoms with Crippen molar-refractivity contribution < 1.29 is 13.6 Å². The van der Waals surface area contributed by atoms with Gasteiger partial charge in [0.1, 0.15) is 11.6 Å². The molecule has 1 aliphatic carbocycles. The molecule has 5 nitrogen and oxygen atoms in total. The van der Waals surface area contributed by atoms with E-state index in [1.807, 2.05) is 0 Å². The Morgan fingerprint density at radius 2 is 1.68 bits per heavy atom. The Hall–Kier alpha value is -3.09. The molecule has 1 saturated carbocycles. The van der Waals surface area contributed by atoms with Gasteiger partial charge in [-0.25, -0.2) is 13.5 Å². The molecule has 3 aromatic rings. The number of halogens is 2. The summed E-state index contributed by atoms with van der Waals surface area (Å²) in [6, 6.07) is 12.0. The van der Waals surface area contributed by atoms with Crippen LogP contribution in [-0.2, 0) is 6.54 Å². The average Bonchev–Trinajstić information content (AvgIpc) is 3.43. The fourth-order valence-corrected chi connectivity index (χ4v) is 3.15. The molecule has 0 atom stereocenters. The van der Waals surface area contributed by atoms with E-state index in [1.54, 1.807) is 36.1 Å². The number of nitrogens with zero attached hydrogens (tertiary/aromatic N) is 4. The Labute approximate surface area is 161 Å². The van der Waals surface area contributed by atoms with E-state index in [4.69, 9.17) is 0 Å². The highest BCUT2D eigenvalue weighted by Gasteiger charge is 2.30. The summed E-state index contributed by atoms with van der Waals surface area (Å²) in [5, 5.41) is 8.17. The smallest absolute Gasteiger partial charge is 0.276 e. The minimum Gasteiger partial charge on any atom is -0.333 e. The minimum absolute atomic E-state index is 0.206. The Kier molecular flexibility index (Phi) is 4.90. The molecule has 1 aromatic heterocycles. The Morgan fingerprint density at radius 3 is 2.29 bits per heavy atom. The van der Waals surface area contributed by atoms with Gasteiger partial charge in [0, 0.05) is 13.1 Å². The van der Waals surface area contributed by atoms with Crippen LogP contribution in [0.2, 0.25) is 0 Å². The molecule has 1 fully saturated rings. The summed E-state index contributed by atoms with van der Waals surface area (Å²) in [7, 11) is 0. The van der Waals surface area contributed by atoms with Crippen LogP contribution in [-0.4, -0.2) is 32.3 Å². The summed E-state index contributed by atoms with van der Waals surface area (Å²) in [4.78, 5) is 14.9. The Bertz CT molecular complexity index is 979. The summed E-state index contributed by atoms with van der Waals surface area (Å²) in [6.45, 7) is 2.79. The molecule has 28 heavy (non-hydrogen) atoms. The van der Waals surface area contributed by atoms with E-state index in [2.05, 4.69) is 10.3 Å². The number of benzene rings is 2. The molecule has 0 radical (unpaired) electrons. The van der Waals surface area contributed by atoms with Crippen LogP contribution >= 0.6 is 0 Å². The maximum atomic E-state index is 13.2. The highest BCUT2D eigenvalue weighted by molar-refractivity contribution is 5.93. The van der Waals surface area contributed by atoms with Crippen molar-refractivity contribution in [3.63, 3.8) is 0 Å². The molecule has 0 aliphatic heterocycles. The molecule has 0 spiro atoms. The van der Waals surface area contributed by atoms with Gasteiger partial charge in [-0.15, -0.1) is 5.10 Å². The topological polar surface area (TPSA) is 51.0 Å². The van der Waals surface area contributed by atoms with Gasteiger partial charge >= 0.3 is 0 Å².